The summed E-state index contributed by atoms with van der Waals surface area (Å²) in [6, 6.07) is 7.94. The van der Waals surface area contributed by atoms with E-state index in [0.29, 0.717) is 11.3 Å². The van der Waals surface area contributed by atoms with Crippen molar-refractivity contribution in [3.05, 3.63) is 41.7 Å². The van der Waals surface area contributed by atoms with E-state index in [9.17, 15) is 4.79 Å². The molecule has 1 N–H and O–H groups in total. The Kier molecular flexibility index (Phi) is 6.27. The van der Waals surface area contributed by atoms with Gasteiger partial charge in [-0.1, -0.05) is 0 Å². The predicted molar refractivity (Wildman–Crippen MR) is 111 cm³/mol. The fourth-order valence-corrected chi connectivity index (χ4v) is 3.47. The van der Waals surface area contributed by atoms with Crippen LogP contribution < -0.4 is 15.1 Å². The van der Waals surface area contributed by atoms with E-state index in [2.05, 4.69) is 38.9 Å². The highest BCUT2D eigenvalue weighted by Crippen LogP contribution is 2.20. The van der Waals surface area contributed by atoms with Gasteiger partial charge in [0.2, 0.25) is 5.95 Å². The third-order valence-corrected chi connectivity index (χ3v) is 5.10. The van der Waals surface area contributed by atoms with Crippen LogP contribution >= 0.6 is 0 Å². The number of nitrogens with one attached hydrogen (secondary N) is 1. The Hall–Kier alpha value is -2.63. The maximum absolute atomic E-state index is 12.6. The smallest absolute Gasteiger partial charge is 0.259 e. The number of benzene rings is 1. The first kappa shape index (κ1) is 19.1. The van der Waals surface area contributed by atoms with Crippen LogP contribution in [0.15, 0.2) is 30.5 Å². The summed E-state index contributed by atoms with van der Waals surface area (Å²) in [6.45, 7) is 10.0. The molecular formula is C21H29N5O. The van der Waals surface area contributed by atoms with Gasteiger partial charge in [-0.2, -0.15) is 0 Å². The van der Waals surface area contributed by atoms with Crippen molar-refractivity contribution in [2.75, 3.05) is 41.3 Å². The van der Waals surface area contributed by atoms with Gasteiger partial charge in [-0.15, -0.1) is 0 Å². The third kappa shape index (κ3) is 4.56. The van der Waals surface area contributed by atoms with Crippen LogP contribution in [0.4, 0.5) is 17.3 Å². The number of hydrogen-bond acceptors (Lipinski definition) is 5. The quantitative estimate of drug-likeness (QED) is 0.840. The molecule has 1 aliphatic rings. The molecule has 0 radical (unpaired) electrons. The zero-order valence-electron chi connectivity index (χ0n) is 16.5. The standard InChI is InChI=1S/C21H29N5O/c1-4-25(5-2)18-11-9-17(10-12-18)24-20(27)19-15-22-21(23-16(19)3)26-13-7-6-8-14-26/h9-12,15H,4-8,13-14H2,1-3H3,(H,24,27). The van der Waals surface area contributed by atoms with Gasteiger partial charge in [-0.25, -0.2) is 9.97 Å². The molecular weight excluding hydrogens is 338 g/mol. The average molecular weight is 367 g/mol. The van der Waals surface area contributed by atoms with Crippen molar-refractivity contribution < 1.29 is 4.79 Å². The van der Waals surface area contributed by atoms with Crippen LogP contribution in [0.5, 0.6) is 0 Å². The molecule has 0 unspecified atom stereocenters. The highest BCUT2D eigenvalue weighted by atomic mass is 16.1. The molecule has 2 aromatic rings. The SMILES string of the molecule is CCN(CC)c1ccc(NC(=O)c2cnc(N3CCCCC3)nc2C)cc1. The lowest BCUT2D eigenvalue weighted by atomic mass is 10.1. The Bertz CT molecular complexity index is 765. The maximum atomic E-state index is 12.6. The van der Waals surface area contributed by atoms with Gasteiger partial charge in [-0.05, 0) is 64.3 Å². The van der Waals surface area contributed by atoms with Crippen LogP contribution in [0.1, 0.15) is 49.2 Å². The van der Waals surface area contributed by atoms with Gasteiger partial charge < -0.3 is 15.1 Å². The van der Waals surface area contributed by atoms with E-state index in [1.807, 2.05) is 31.2 Å². The molecule has 6 heteroatoms. The van der Waals surface area contributed by atoms with Crippen LogP contribution in [0.3, 0.4) is 0 Å². The summed E-state index contributed by atoms with van der Waals surface area (Å²) in [7, 11) is 0. The van der Waals surface area contributed by atoms with E-state index in [1.54, 1.807) is 6.20 Å². The second kappa shape index (κ2) is 8.84. The van der Waals surface area contributed by atoms with E-state index in [0.717, 1.165) is 43.5 Å². The van der Waals surface area contributed by atoms with Crippen molar-refractivity contribution in [1.82, 2.24) is 9.97 Å². The topological polar surface area (TPSA) is 61.4 Å². The minimum atomic E-state index is -0.173. The van der Waals surface area contributed by atoms with Crippen molar-refractivity contribution in [1.29, 1.82) is 0 Å². The molecule has 0 atom stereocenters. The van der Waals surface area contributed by atoms with Crippen molar-refractivity contribution in [3.63, 3.8) is 0 Å². The third-order valence-electron chi connectivity index (χ3n) is 5.10. The van der Waals surface area contributed by atoms with Crippen molar-refractivity contribution in [2.45, 2.75) is 40.0 Å². The second-order valence-corrected chi connectivity index (χ2v) is 6.89. The molecule has 1 aliphatic heterocycles. The van der Waals surface area contributed by atoms with E-state index in [4.69, 9.17) is 0 Å². The molecule has 27 heavy (non-hydrogen) atoms. The van der Waals surface area contributed by atoms with E-state index in [-0.39, 0.29) is 5.91 Å². The molecule has 1 saturated heterocycles. The van der Waals surface area contributed by atoms with Crippen molar-refractivity contribution >= 4 is 23.2 Å². The Morgan fingerprint density at radius 3 is 2.37 bits per heavy atom. The summed E-state index contributed by atoms with van der Waals surface area (Å²) in [6.07, 6.45) is 5.26. The van der Waals surface area contributed by atoms with Gasteiger partial charge >= 0.3 is 0 Å². The monoisotopic (exact) mass is 367 g/mol. The van der Waals surface area contributed by atoms with Gasteiger partial charge in [0, 0.05) is 43.8 Å². The maximum Gasteiger partial charge on any atom is 0.259 e. The lowest BCUT2D eigenvalue weighted by Crippen LogP contribution is -2.31. The van der Waals surface area contributed by atoms with Gasteiger partial charge in [0.1, 0.15) is 0 Å². The van der Waals surface area contributed by atoms with Crippen LogP contribution in [-0.2, 0) is 0 Å². The Morgan fingerprint density at radius 2 is 1.78 bits per heavy atom. The summed E-state index contributed by atoms with van der Waals surface area (Å²) < 4.78 is 0. The van der Waals surface area contributed by atoms with Gasteiger partial charge in [-0.3, -0.25) is 4.79 Å². The van der Waals surface area contributed by atoms with Crippen molar-refractivity contribution in [2.24, 2.45) is 0 Å². The van der Waals surface area contributed by atoms with Gasteiger partial charge in [0.15, 0.2) is 0 Å². The summed E-state index contributed by atoms with van der Waals surface area (Å²) in [5.41, 5.74) is 3.16. The van der Waals surface area contributed by atoms with Crippen LogP contribution in [0, 0.1) is 6.92 Å². The molecule has 0 saturated carbocycles. The molecule has 6 nitrogen and oxygen atoms in total. The van der Waals surface area contributed by atoms with Crippen LogP contribution in [-0.4, -0.2) is 42.1 Å². The van der Waals surface area contributed by atoms with Crippen molar-refractivity contribution in [3.8, 4) is 0 Å². The molecule has 3 rings (SSSR count). The lowest BCUT2D eigenvalue weighted by molar-refractivity contribution is 0.102. The summed E-state index contributed by atoms with van der Waals surface area (Å²) in [5.74, 6) is 0.556. The average Bonchev–Trinajstić information content (AvgIpc) is 2.70. The summed E-state index contributed by atoms with van der Waals surface area (Å²) in [5, 5.41) is 2.95. The number of anilines is 3. The largest absolute Gasteiger partial charge is 0.372 e. The number of carbonyl (C=O) groups excluding carboxylic acids is 1. The number of piperidine rings is 1. The molecule has 2 heterocycles. The Labute approximate surface area is 161 Å². The molecule has 1 aromatic heterocycles. The molecule has 0 aliphatic carbocycles. The first-order valence-electron chi connectivity index (χ1n) is 9.87. The number of amides is 1. The van der Waals surface area contributed by atoms with Crippen LogP contribution in [0.25, 0.3) is 0 Å². The number of nitrogens with zero attached hydrogens (tertiary/aromatic N) is 4. The fraction of sp³-hybridized carbons (Fsp3) is 0.476. The highest BCUT2D eigenvalue weighted by molar-refractivity contribution is 6.04. The Morgan fingerprint density at radius 1 is 1.11 bits per heavy atom. The molecule has 0 bridgehead atoms. The number of rotatable bonds is 6. The normalized spacial score (nSPS) is 14.1. The number of aryl methyl sites for hydroxylation is 1. The van der Waals surface area contributed by atoms with E-state index in [1.165, 1.54) is 19.3 Å². The zero-order chi connectivity index (χ0) is 19.2. The minimum Gasteiger partial charge on any atom is -0.372 e. The second-order valence-electron chi connectivity index (χ2n) is 6.89. The zero-order valence-corrected chi connectivity index (χ0v) is 16.5. The van der Waals surface area contributed by atoms with E-state index < -0.39 is 0 Å². The minimum absolute atomic E-state index is 0.173. The lowest BCUT2D eigenvalue weighted by Gasteiger charge is -2.26. The van der Waals surface area contributed by atoms with Gasteiger partial charge in [0.05, 0.1) is 11.3 Å². The molecule has 144 valence electrons. The number of aromatic nitrogens is 2. The Balaban J connectivity index is 1.68. The summed E-state index contributed by atoms with van der Waals surface area (Å²) >= 11 is 0. The van der Waals surface area contributed by atoms with Crippen LogP contribution in [0.2, 0.25) is 0 Å². The highest BCUT2D eigenvalue weighted by Gasteiger charge is 2.17. The number of hydrogen-bond donors (Lipinski definition) is 1. The first-order chi connectivity index (χ1) is 13.1. The fourth-order valence-electron chi connectivity index (χ4n) is 3.47. The molecule has 1 fully saturated rings. The number of carbonyl (C=O) groups is 1. The predicted octanol–water partition coefficient (Wildman–Crippen LogP) is 3.87. The molecule has 1 amide bonds. The van der Waals surface area contributed by atoms with E-state index >= 15 is 0 Å². The first-order valence-corrected chi connectivity index (χ1v) is 9.87. The molecule has 0 spiro atoms. The summed E-state index contributed by atoms with van der Waals surface area (Å²) in [4.78, 5) is 26.1. The molecule has 1 aromatic carbocycles. The van der Waals surface area contributed by atoms with Gasteiger partial charge in [0.25, 0.3) is 5.91 Å².